The van der Waals surface area contributed by atoms with Crippen LogP contribution < -0.4 is 0 Å². The molecule has 1 saturated heterocycles. The zero-order valence-corrected chi connectivity index (χ0v) is 6.08. The highest BCUT2D eigenvalue weighted by atomic mass is 16.6. The average Bonchev–Trinajstić information content (AvgIpc) is 1.97. The van der Waals surface area contributed by atoms with E-state index >= 15 is 0 Å². The van der Waals surface area contributed by atoms with E-state index in [1.807, 2.05) is 0 Å². The summed E-state index contributed by atoms with van der Waals surface area (Å²) in [5.74, 6) is 0. The minimum absolute atomic E-state index is 0.664. The lowest BCUT2D eigenvalue weighted by Gasteiger charge is -2.36. The molecule has 5 heteroatoms. The van der Waals surface area contributed by atoms with Gasteiger partial charge < -0.3 is 25.2 Å². The van der Waals surface area contributed by atoms with Crippen molar-refractivity contribution in [1.29, 1.82) is 0 Å². The van der Waals surface area contributed by atoms with Crippen LogP contribution in [-0.2, 0) is 4.74 Å². The summed E-state index contributed by atoms with van der Waals surface area (Å²) in [5, 5.41) is 36.0. The molecule has 5 nitrogen and oxygen atoms in total. The highest BCUT2D eigenvalue weighted by Gasteiger charge is 2.40. The van der Waals surface area contributed by atoms with Crippen LogP contribution >= 0.6 is 0 Å². The molecule has 1 fully saturated rings. The Morgan fingerprint density at radius 3 is 2.00 bits per heavy atom. The van der Waals surface area contributed by atoms with E-state index in [0.29, 0.717) is 0 Å². The van der Waals surface area contributed by atoms with Gasteiger partial charge in [0.05, 0.1) is 6.10 Å². The highest BCUT2D eigenvalue weighted by molar-refractivity contribution is 4.86. The first-order valence-corrected chi connectivity index (χ1v) is 3.41. The van der Waals surface area contributed by atoms with Crippen molar-refractivity contribution in [3.63, 3.8) is 0 Å². The van der Waals surface area contributed by atoms with Gasteiger partial charge in [-0.25, -0.2) is 0 Å². The van der Waals surface area contributed by atoms with Crippen LogP contribution in [0.3, 0.4) is 0 Å². The predicted molar refractivity (Wildman–Crippen MR) is 34.6 cm³/mol. The lowest BCUT2D eigenvalue weighted by Crippen LogP contribution is -2.56. The van der Waals surface area contributed by atoms with Gasteiger partial charge in [-0.05, 0) is 6.92 Å². The maximum atomic E-state index is 9.09. The monoisotopic (exact) mass is 164 g/mol. The number of aliphatic hydroxyl groups excluding tert-OH is 4. The van der Waals surface area contributed by atoms with E-state index in [-0.39, 0.29) is 0 Å². The van der Waals surface area contributed by atoms with Crippen LogP contribution in [0.4, 0.5) is 0 Å². The van der Waals surface area contributed by atoms with E-state index in [4.69, 9.17) is 20.4 Å². The fraction of sp³-hybridized carbons (Fsp3) is 1.00. The van der Waals surface area contributed by atoms with E-state index in [2.05, 4.69) is 4.74 Å². The Balaban J connectivity index is 2.63. The van der Waals surface area contributed by atoms with Gasteiger partial charge in [-0.2, -0.15) is 0 Å². The van der Waals surface area contributed by atoms with Gasteiger partial charge in [0.2, 0.25) is 0 Å². The van der Waals surface area contributed by atoms with Gasteiger partial charge in [0.25, 0.3) is 0 Å². The zero-order valence-electron chi connectivity index (χ0n) is 6.08. The normalized spacial score (nSPS) is 52.6. The Hall–Kier alpha value is -0.200. The van der Waals surface area contributed by atoms with Crippen molar-refractivity contribution in [3.8, 4) is 0 Å². The van der Waals surface area contributed by atoms with E-state index in [9.17, 15) is 0 Å². The molecule has 0 bridgehead atoms. The summed E-state index contributed by atoms with van der Waals surface area (Å²) in [6.45, 7) is 1.50. The van der Waals surface area contributed by atoms with Gasteiger partial charge in [-0.1, -0.05) is 0 Å². The first kappa shape index (κ1) is 8.89. The molecule has 4 N–H and O–H groups in total. The van der Waals surface area contributed by atoms with E-state index in [1.165, 1.54) is 6.92 Å². The maximum Gasteiger partial charge on any atom is 0.183 e. The maximum absolute atomic E-state index is 9.09. The van der Waals surface area contributed by atoms with Crippen LogP contribution in [0.5, 0.6) is 0 Å². The minimum atomic E-state index is -1.43. The van der Waals surface area contributed by atoms with Crippen molar-refractivity contribution in [1.82, 2.24) is 0 Å². The second-order valence-electron chi connectivity index (χ2n) is 2.70. The molecule has 0 aliphatic carbocycles. The molecule has 0 saturated carbocycles. The largest absolute Gasteiger partial charge is 0.388 e. The Bertz CT molecular complexity index is 125. The Morgan fingerprint density at radius 1 is 0.909 bits per heavy atom. The van der Waals surface area contributed by atoms with E-state index < -0.39 is 30.7 Å². The number of hydrogen-bond acceptors (Lipinski definition) is 5. The fourth-order valence-corrected chi connectivity index (χ4v) is 1.03. The summed E-state index contributed by atoms with van der Waals surface area (Å²) in [6.07, 6.45) is -5.99. The molecular formula is C6H12O5. The van der Waals surface area contributed by atoms with Gasteiger partial charge in [0, 0.05) is 0 Å². The molecule has 66 valence electrons. The minimum Gasteiger partial charge on any atom is -0.388 e. The zero-order chi connectivity index (χ0) is 8.59. The number of ether oxygens (including phenoxy) is 1. The average molecular weight is 164 g/mol. The van der Waals surface area contributed by atoms with Crippen LogP contribution in [0.2, 0.25) is 0 Å². The number of rotatable bonds is 0. The summed E-state index contributed by atoms with van der Waals surface area (Å²) >= 11 is 0. The Kier molecular flexibility index (Phi) is 2.46. The summed E-state index contributed by atoms with van der Waals surface area (Å²) in [6, 6.07) is 0. The first-order valence-electron chi connectivity index (χ1n) is 3.41. The smallest absolute Gasteiger partial charge is 0.183 e. The molecule has 1 aliphatic heterocycles. The molecule has 0 aromatic rings. The summed E-state index contributed by atoms with van der Waals surface area (Å²) in [4.78, 5) is 0. The fourth-order valence-electron chi connectivity index (χ4n) is 1.03. The molecule has 0 aromatic carbocycles. The molecule has 11 heavy (non-hydrogen) atoms. The van der Waals surface area contributed by atoms with Gasteiger partial charge in [0.15, 0.2) is 6.29 Å². The van der Waals surface area contributed by atoms with Crippen molar-refractivity contribution in [2.45, 2.75) is 37.6 Å². The van der Waals surface area contributed by atoms with Crippen molar-refractivity contribution in [2.24, 2.45) is 0 Å². The van der Waals surface area contributed by atoms with Crippen LogP contribution in [-0.4, -0.2) is 51.1 Å². The van der Waals surface area contributed by atoms with Crippen LogP contribution in [0.15, 0.2) is 0 Å². The predicted octanol–water partition coefficient (Wildman–Crippen LogP) is -2.19. The summed E-state index contributed by atoms with van der Waals surface area (Å²) in [5.41, 5.74) is 0. The van der Waals surface area contributed by atoms with Gasteiger partial charge in [0.1, 0.15) is 18.3 Å². The van der Waals surface area contributed by atoms with Crippen molar-refractivity contribution in [2.75, 3.05) is 0 Å². The van der Waals surface area contributed by atoms with Gasteiger partial charge >= 0.3 is 0 Å². The topological polar surface area (TPSA) is 90.2 Å². The van der Waals surface area contributed by atoms with Gasteiger partial charge in [-0.15, -0.1) is 0 Å². The second kappa shape index (κ2) is 3.04. The third-order valence-electron chi connectivity index (χ3n) is 1.83. The highest BCUT2D eigenvalue weighted by Crippen LogP contribution is 2.18. The summed E-state index contributed by atoms with van der Waals surface area (Å²) in [7, 11) is 0. The lowest BCUT2D eigenvalue weighted by atomic mass is 10.0. The lowest BCUT2D eigenvalue weighted by molar-refractivity contribution is -0.277. The SMILES string of the molecule is C[C@@H]1OC(O)C(O)[C@@H](O)[C@@H]1O. The molecule has 0 amide bonds. The molecule has 2 unspecified atom stereocenters. The van der Waals surface area contributed by atoms with Crippen LogP contribution in [0.25, 0.3) is 0 Å². The molecule has 1 rings (SSSR count). The molecule has 1 heterocycles. The quantitative estimate of drug-likeness (QED) is 0.326. The van der Waals surface area contributed by atoms with Crippen molar-refractivity contribution < 1.29 is 25.2 Å². The molecule has 0 aromatic heterocycles. The summed E-state index contributed by atoms with van der Waals surface area (Å²) < 4.78 is 4.68. The number of aliphatic hydroxyl groups is 4. The molecule has 0 spiro atoms. The molecule has 5 atom stereocenters. The van der Waals surface area contributed by atoms with Gasteiger partial charge in [-0.3, -0.25) is 0 Å². The van der Waals surface area contributed by atoms with Crippen molar-refractivity contribution >= 4 is 0 Å². The molecule has 0 radical (unpaired) electrons. The number of hydrogen-bond donors (Lipinski definition) is 4. The van der Waals surface area contributed by atoms with E-state index in [1.54, 1.807) is 0 Å². The van der Waals surface area contributed by atoms with Crippen LogP contribution in [0.1, 0.15) is 6.92 Å². The molecular weight excluding hydrogens is 152 g/mol. The third kappa shape index (κ3) is 1.52. The first-order chi connectivity index (χ1) is 5.04. The standard InChI is InChI=1S/C6H12O5/c1-2-3(7)4(8)5(9)6(10)11-2/h2-10H,1H3/t2-,3+,4-,5?,6?/m0/s1. The Labute approximate surface area is 63.8 Å². The van der Waals surface area contributed by atoms with Crippen molar-refractivity contribution in [3.05, 3.63) is 0 Å². The second-order valence-corrected chi connectivity index (χ2v) is 2.70. The Morgan fingerprint density at radius 2 is 1.45 bits per heavy atom. The molecule has 1 aliphatic rings. The van der Waals surface area contributed by atoms with E-state index in [0.717, 1.165) is 0 Å². The third-order valence-corrected chi connectivity index (χ3v) is 1.83. The van der Waals surface area contributed by atoms with Crippen LogP contribution in [0, 0.1) is 0 Å².